The highest BCUT2D eigenvalue weighted by atomic mass is 16.5. The fourth-order valence-corrected chi connectivity index (χ4v) is 0.901. The molecule has 0 saturated heterocycles. The molecule has 0 aromatic carbocycles. The first-order valence-electron chi connectivity index (χ1n) is 5.34. The zero-order valence-corrected chi connectivity index (χ0v) is 10.2. The molecule has 0 fully saturated rings. The second-order valence-corrected chi connectivity index (χ2v) is 4.69. The molecule has 0 spiro atoms. The van der Waals surface area contributed by atoms with Crippen molar-refractivity contribution in [1.82, 2.24) is 5.32 Å². The smallest absolute Gasteiger partial charge is 0.222 e. The van der Waals surface area contributed by atoms with E-state index in [1.807, 2.05) is 20.8 Å². The van der Waals surface area contributed by atoms with Crippen molar-refractivity contribution in [2.75, 3.05) is 19.8 Å². The number of hydrogen-bond acceptors (Lipinski definition) is 3. The summed E-state index contributed by atoms with van der Waals surface area (Å²) in [6, 6.07) is 0. The van der Waals surface area contributed by atoms with Gasteiger partial charge < -0.3 is 15.2 Å². The fourth-order valence-electron chi connectivity index (χ4n) is 0.901. The minimum Gasteiger partial charge on any atom is -0.391 e. The van der Waals surface area contributed by atoms with Gasteiger partial charge in [-0.3, -0.25) is 4.79 Å². The van der Waals surface area contributed by atoms with E-state index in [9.17, 15) is 9.90 Å². The lowest BCUT2D eigenvalue weighted by Crippen LogP contribution is -2.39. The number of rotatable bonds is 6. The van der Waals surface area contributed by atoms with Crippen LogP contribution in [0, 0.1) is 17.8 Å². The van der Waals surface area contributed by atoms with Gasteiger partial charge in [0.1, 0.15) is 6.61 Å². The number of amides is 1. The summed E-state index contributed by atoms with van der Waals surface area (Å²) in [5, 5.41) is 12.3. The molecule has 0 radical (unpaired) electrons. The van der Waals surface area contributed by atoms with Crippen molar-refractivity contribution < 1.29 is 14.6 Å². The van der Waals surface area contributed by atoms with Crippen LogP contribution in [0.15, 0.2) is 0 Å². The Labute approximate surface area is 97.4 Å². The first-order valence-corrected chi connectivity index (χ1v) is 5.34. The van der Waals surface area contributed by atoms with Gasteiger partial charge in [0.15, 0.2) is 0 Å². The van der Waals surface area contributed by atoms with Crippen LogP contribution >= 0.6 is 0 Å². The van der Waals surface area contributed by atoms with Crippen LogP contribution in [0.4, 0.5) is 0 Å². The van der Waals surface area contributed by atoms with Gasteiger partial charge >= 0.3 is 0 Å². The van der Waals surface area contributed by atoms with E-state index in [-0.39, 0.29) is 30.9 Å². The van der Waals surface area contributed by atoms with Crippen LogP contribution < -0.4 is 5.32 Å². The Morgan fingerprint density at radius 3 is 2.69 bits per heavy atom. The molecule has 0 aliphatic heterocycles. The second-order valence-electron chi connectivity index (χ2n) is 4.69. The first-order chi connectivity index (χ1) is 7.38. The van der Waals surface area contributed by atoms with Gasteiger partial charge in [0.2, 0.25) is 5.91 Å². The third kappa shape index (κ3) is 7.27. The molecule has 0 rings (SSSR count). The summed E-state index contributed by atoms with van der Waals surface area (Å²) in [5.41, 5.74) is -0.229. The molecule has 4 nitrogen and oxygen atoms in total. The van der Waals surface area contributed by atoms with Gasteiger partial charge in [-0.15, -0.1) is 6.42 Å². The molecular formula is C12H21NO3. The number of carbonyl (C=O) groups is 1. The molecule has 0 aromatic heterocycles. The van der Waals surface area contributed by atoms with E-state index in [1.165, 1.54) is 0 Å². The molecule has 0 heterocycles. The van der Waals surface area contributed by atoms with Gasteiger partial charge in [-0.1, -0.05) is 26.7 Å². The minimum atomic E-state index is -0.553. The van der Waals surface area contributed by atoms with Crippen LogP contribution in [0.2, 0.25) is 0 Å². The van der Waals surface area contributed by atoms with E-state index in [4.69, 9.17) is 11.2 Å². The van der Waals surface area contributed by atoms with Crippen LogP contribution in [-0.2, 0) is 9.53 Å². The fraction of sp³-hybridized carbons (Fsp3) is 0.750. The topological polar surface area (TPSA) is 58.6 Å². The van der Waals surface area contributed by atoms with E-state index < -0.39 is 6.10 Å². The molecular weight excluding hydrogens is 206 g/mol. The van der Waals surface area contributed by atoms with E-state index in [1.54, 1.807) is 0 Å². The third-order valence-corrected chi connectivity index (χ3v) is 2.15. The van der Waals surface area contributed by atoms with E-state index in [2.05, 4.69) is 11.2 Å². The van der Waals surface area contributed by atoms with Crippen molar-refractivity contribution in [1.29, 1.82) is 0 Å². The summed E-state index contributed by atoms with van der Waals surface area (Å²) in [7, 11) is 0. The highest BCUT2D eigenvalue weighted by molar-refractivity contribution is 5.75. The third-order valence-electron chi connectivity index (χ3n) is 2.15. The zero-order chi connectivity index (χ0) is 12.6. The van der Waals surface area contributed by atoms with Crippen molar-refractivity contribution in [3.05, 3.63) is 0 Å². The molecule has 0 aliphatic carbocycles. The molecule has 0 aliphatic rings. The minimum absolute atomic E-state index is 0.139. The standard InChI is InChI=1S/C12H21NO3/c1-5-7-16-8-6-11(15)13-9-10(14)12(2,3)4/h1,10,14H,6-9H2,2-4H3,(H,13,15). The summed E-state index contributed by atoms with van der Waals surface area (Å²) < 4.78 is 4.97. The average Bonchev–Trinajstić information content (AvgIpc) is 2.19. The van der Waals surface area contributed by atoms with E-state index >= 15 is 0 Å². The van der Waals surface area contributed by atoms with Crippen molar-refractivity contribution in [3.8, 4) is 12.3 Å². The Hall–Kier alpha value is -1.05. The lowest BCUT2D eigenvalue weighted by molar-refractivity contribution is -0.122. The Morgan fingerprint density at radius 2 is 2.19 bits per heavy atom. The predicted octanol–water partition coefficient (Wildman–Crippen LogP) is 0.549. The van der Waals surface area contributed by atoms with Crippen LogP contribution in [0.3, 0.4) is 0 Å². The Morgan fingerprint density at radius 1 is 1.56 bits per heavy atom. The molecule has 92 valence electrons. The second kappa shape index (κ2) is 7.26. The number of hydrogen-bond donors (Lipinski definition) is 2. The lowest BCUT2D eigenvalue weighted by atomic mass is 9.89. The van der Waals surface area contributed by atoms with E-state index in [0.29, 0.717) is 6.61 Å². The maximum absolute atomic E-state index is 11.3. The number of nitrogens with one attached hydrogen (secondary N) is 1. The maximum Gasteiger partial charge on any atom is 0.222 e. The molecule has 2 N–H and O–H groups in total. The number of carbonyl (C=O) groups excluding carboxylic acids is 1. The van der Waals surface area contributed by atoms with Crippen LogP contribution in [-0.4, -0.2) is 36.9 Å². The lowest BCUT2D eigenvalue weighted by Gasteiger charge is -2.25. The van der Waals surface area contributed by atoms with E-state index in [0.717, 1.165) is 0 Å². The van der Waals surface area contributed by atoms with Crippen LogP contribution in [0.1, 0.15) is 27.2 Å². The Balaban J connectivity index is 3.62. The van der Waals surface area contributed by atoms with Crippen molar-refractivity contribution in [2.45, 2.75) is 33.3 Å². The van der Waals surface area contributed by atoms with Gasteiger partial charge in [-0.05, 0) is 5.41 Å². The number of aliphatic hydroxyl groups excluding tert-OH is 1. The summed E-state index contributed by atoms with van der Waals surface area (Å²) in [6.45, 7) is 6.54. The normalized spacial score (nSPS) is 12.9. The highest BCUT2D eigenvalue weighted by Crippen LogP contribution is 2.17. The molecule has 0 aromatic rings. The SMILES string of the molecule is C#CCOCCC(=O)NCC(O)C(C)(C)C. The maximum atomic E-state index is 11.3. The zero-order valence-electron chi connectivity index (χ0n) is 10.2. The van der Waals surface area contributed by atoms with Gasteiger partial charge in [0.25, 0.3) is 0 Å². The van der Waals surface area contributed by atoms with Crippen LogP contribution in [0.5, 0.6) is 0 Å². The largest absolute Gasteiger partial charge is 0.391 e. The average molecular weight is 227 g/mol. The number of terminal acetylenes is 1. The Kier molecular flexibility index (Phi) is 6.78. The summed E-state index contributed by atoms with van der Waals surface area (Å²) >= 11 is 0. The summed E-state index contributed by atoms with van der Waals surface area (Å²) in [4.78, 5) is 11.3. The molecule has 0 saturated carbocycles. The molecule has 4 heteroatoms. The monoisotopic (exact) mass is 227 g/mol. The predicted molar refractivity (Wildman–Crippen MR) is 62.7 cm³/mol. The molecule has 1 unspecified atom stereocenters. The van der Waals surface area contributed by atoms with Crippen molar-refractivity contribution in [2.24, 2.45) is 5.41 Å². The Bertz CT molecular complexity index is 250. The van der Waals surface area contributed by atoms with Gasteiger partial charge in [-0.2, -0.15) is 0 Å². The summed E-state index contributed by atoms with van der Waals surface area (Å²) in [6.07, 6.45) is 4.69. The molecule has 16 heavy (non-hydrogen) atoms. The van der Waals surface area contributed by atoms with Gasteiger partial charge in [0.05, 0.1) is 19.1 Å². The van der Waals surface area contributed by atoms with Gasteiger partial charge in [-0.25, -0.2) is 0 Å². The van der Waals surface area contributed by atoms with Crippen molar-refractivity contribution >= 4 is 5.91 Å². The molecule has 0 bridgehead atoms. The molecule has 1 amide bonds. The first kappa shape index (κ1) is 14.9. The number of aliphatic hydroxyl groups is 1. The van der Waals surface area contributed by atoms with Crippen LogP contribution in [0.25, 0.3) is 0 Å². The number of ether oxygens (including phenoxy) is 1. The molecule has 1 atom stereocenters. The van der Waals surface area contributed by atoms with Gasteiger partial charge in [0, 0.05) is 6.54 Å². The van der Waals surface area contributed by atoms with Crippen molar-refractivity contribution in [3.63, 3.8) is 0 Å². The quantitative estimate of drug-likeness (QED) is 0.514. The summed E-state index contributed by atoms with van der Waals surface area (Å²) in [5.74, 6) is 2.18. The highest BCUT2D eigenvalue weighted by Gasteiger charge is 2.22.